The van der Waals surface area contributed by atoms with Gasteiger partial charge in [-0.05, 0) is 79.9 Å². The lowest BCUT2D eigenvalue weighted by molar-refractivity contribution is -0.157. The SMILES string of the molecule is COCCn1ccc(C(=O)NCCN(CCNC(=O)c2ccn(CCOC)c(=O)c2OCc2ccccc2)C(=O)C(Cc2ccc(OCC(=O)OC(C)(C)C)cc2)NC(=O)c2ccn(CCOC)c(=O)c2OC(=O)c2ccccc2)c(OCc2ccccc2)c1=O. The quantitative estimate of drug-likeness (QED) is 0.0444. The molecule has 3 aromatic heterocycles. The summed E-state index contributed by atoms with van der Waals surface area (Å²) >= 11 is 0. The van der Waals surface area contributed by atoms with Gasteiger partial charge in [0.05, 0.1) is 42.1 Å². The van der Waals surface area contributed by atoms with Crippen LogP contribution in [0.1, 0.15) is 78.9 Å². The molecule has 7 aromatic rings. The zero-order valence-corrected chi connectivity index (χ0v) is 51.6. The van der Waals surface area contributed by atoms with Crippen LogP contribution >= 0.6 is 0 Å². The molecule has 0 aliphatic carbocycles. The first-order valence-corrected chi connectivity index (χ1v) is 29.2. The number of rotatable bonds is 33. The van der Waals surface area contributed by atoms with Crippen molar-refractivity contribution in [3.63, 3.8) is 0 Å². The first kappa shape index (κ1) is 68.3. The highest BCUT2D eigenvalue weighted by Crippen LogP contribution is 2.21. The topological polar surface area (TPSA) is 282 Å². The van der Waals surface area contributed by atoms with Crippen molar-refractivity contribution in [3.05, 3.63) is 222 Å². The number of aromatic nitrogens is 3. The van der Waals surface area contributed by atoms with Crippen LogP contribution in [0.4, 0.5) is 0 Å². The van der Waals surface area contributed by atoms with Crippen molar-refractivity contribution in [2.45, 2.75) is 71.7 Å². The summed E-state index contributed by atoms with van der Waals surface area (Å²) in [6.45, 7) is 4.34. The fourth-order valence-electron chi connectivity index (χ4n) is 9.12. The van der Waals surface area contributed by atoms with Crippen LogP contribution in [-0.2, 0) is 67.8 Å². The van der Waals surface area contributed by atoms with E-state index in [1.165, 1.54) is 88.9 Å². The summed E-state index contributed by atoms with van der Waals surface area (Å²) < 4.78 is 48.4. The van der Waals surface area contributed by atoms with Crippen LogP contribution in [0, 0.1) is 0 Å². The summed E-state index contributed by atoms with van der Waals surface area (Å²) in [6.07, 6.45) is 3.96. The maximum absolute atomic E-state index is 15.5. The molecule has 0 aliphatic rings. The Morgan fingerprint density at radius 1 is 0.505 bits per heavy atom. The average Bonchev–Trinajstić information content (AvgIpc) is 0.942. The molecule has 4 amide bonds. The van der Waals surface area contributed by atoms with Crippen molar-refractivity contribution in [1.82, 2.24) is 34.6 Å². The fourth-order valence-corrected chi connectivity index (χ4v) is 9.12. The van der Waals surface area contributed by atoms with E-state index < -0.39 is 81.8 Å². The van der Waals surface area contributed by atoms with E-state index >= 15 is 4.79 Å². The van der Waals surface area contributed by atoms with Gasteiger partial charge in [-0.3, -0.25) is 33.6 Å². The zero-order valence-electron chi connectivity index (χ0n) is 51.6. The molecular weight excluding hydrogens is 1170 g/mol. The summed E-state index contributed by atoms with van der Waals surface area (Å²) in [4.78, 5) is 128. The Morgan fingerprint density at radius 2 is 0.934 bits per heavy atom. The number of hydrogen-bond acceptors (Lipinski definition) is 17. The number of pyridine rings is 3. The monoisotopic (exact) mass is 1250 g/mol. The van der Waals surface area contributed by atoms with Crippen molar-refractivity contribution in [3.8, 4) is 23.0 Å². The van der Waals surface area contributed by atoms with Gasteiger partial charge in [0.15, 0.2) is 18.1 Å². The lowest BCUT2D eigenvalue weighted by Gasteiger charge is -2.29. The van der Waals surface area contributed by atoms with Crippen molar-refractivity contribution in [2.75, 3.05) is 73.9 Å². The molecule has 0 bridgehead atoms. The molecule has 0 saturated carbocycles. The molecule has 0 aliphatic heterocycles. The highest BCUT2D eigenvalue weighted by Gasteiger charge is 2.31. The number of ether oxygens (including phenoxy) is 8. The van der Waals surface area contributed by atoms with Crippen LogP contribution < -0.4 is 51.6 Å². The maximum Gasteiger partial charge on any atom is 0.344 e. The van der Waals surface area contributed by atoms with Gasteiger partial charge in [-0.1, -0.05) is 91.0 Å². The standard InChI is InChI=1S/C67H75N7O17/c1-67(2,3)91-55(75)45-87-50-24-22-46(23-25-50)42-54(70-61(78)53-28-33-73(38-41-86-6)65(82)58(53)90-66(83)49-20-14-9-15-21-49)62(79)74(34-29-68-59(76)51-26-31-71(36-39-84-4)63(80)56(51)88-43-47-16-10-7-11-17-47)35-30-69-60(77)52-27-32-72(37-40-85-5)64(81)57(52)89-44-48-18-12-8-13-19-48/h7-28,31-33,54H,29-30,34-45H2,1-6H3,(H,68,76)(H,69,77)(H,70,78). The molecule has 480 valence electrons. The zero-order chi connectivity index (χ0) is 65.3. The van der Waals surface area contributed by atoms with E-state index in [4.69, 9.17) is 37.9 Å². The van der Waals surface area contributed by atoms with E-state index in [0.717, 1.165) is 11.1 Å². The predicted octanol–water partition coefficient (Wildman–Crippen LogP) is 5.24. The van der Waals surface area contributed by atoms with Gasteiger partial charge in [-0.2, -0.15) is 0 Å². The summed E-state index contributed by atoms with van der Waals surface area (Å²) in [5.41, 5.74) is -1.43. The molecule has 24 nitrogen and oxygen atoms in total. The number of hydrogen-bond donors (Lipinski definition) is 3. The smallest absolute Gasteiger partial charge is 0.344 e. The Balaban J connectivity index is 1.24. The lowest BCUT2D eigenvalue weighted by atomic mass is 10.0. The van der Waals surface area contributed by atoms with Gasteiger partial charge in [-0.25, -0.2) is 9.59 Å². The Kier molecular flexibility index (Phi) is 25.5. The Morgan fingerprint density at radius 3 is 1.37 bits per heavy atom. The highest BCUT2D eigenvalue weighted by molar-refractivity contribution is 6.01. The van der Waals surface area contributed by atoms with Gasteiger partial charge >= 0.3 is 11.9 Å². The molecule has 3 heterocycles. The normalized spacial score (nSPS) is 11.4. The van der Waals surface area contributed by atoms with Crippen LogP contribution in [0.15, 0.2) is 166 Å². The first-order valence-electron chi connectivity index (χ1n) is 29.2. The molecule has 7 rings (SSSR count). The Hall–Kier alpha value is -10.2. The molecule has 1 unspecified atom stereocenters. The number of carbonyl (C=O) groups excluding carboxylic acids is 6. The highest BCUT2D eigenvalue weighted by atomic mass is 16.6. The number of methoxy groups -OCH3 is 3. The van der Waals surface area contributed by atoms with Crippen LogP contribution in [0.3, 0.4) is 0 Å². The van der Waals surface area contributed by atoms with E-state index in [1.54, 1.807) is 112 Å². The summed E-state index contributed by atoms with van der Waals surface area (Å²) in [6, 6.07) is 34.8. The number of carbonyl (C=O) groups is 6. The molecule has 1 atom stereocenters. The van der Waals surface area contributed by atoms with Crippen LogP contribution in [0.25, 0.3) is 0 Å². The predicted molar refractivity (Wildman–Crippen MR) is 335 cm³/mol. The number of esters is 2. The third-order valence-electron chi connectivity index (χ3n) is 13.8. The van der Waals surface area contributed by atoms with E-state index in [0.29, 0.717) is 5.56 Å². The first-order chi connectivity index (χ1) is 43.9. The van der Waals surface area contributed by atoms with Crippen molar-refractivity contribution in [1.29, 1.82) is 0 Å². The molecule has 4 aromatic carbocycles. The number of benzene rings is 4. The van der Waals surface area contributed by atoms with Gasteiger partial charge in [0.25, 0.3) is 34.4 Å². The molecule has 0 fully saturated rings. The van der Waals surface area contributed by atoms with Gasteiger partial charge in [-0.15, -0.1) is 0 Å². The second kappa shape index (κ2) is 34.0. The second-order valence-corrected chi connectivity index (χ2v) is 21.5. The molecule has 0 radical (unpaired) electrons. The Bertz CT molecular complexity index is 3640. The summed E-state index contributed by atoms with van der Waals surface area (Å²) in [5, 5.41) is 8.35. The fraction of sp³-hybridized carbons (Fsp3) is 0.328. The minimum atomic E-state index is -1.52. The minimum absolute atomic E-state index is 0.0191. The average molecular weight is 1250 g/mol. The third kappa shape index (κ3) is 20.2. The van der Waals surface area contributed by atoms with Gasteiger partial charge in [0.1, 0.15) is 30.6 Å². The van der Waals surface area contributed by atoms with E-state index in [2.05, 4.69) is 16.0 Å². The number of nitrogens with one attached hydrogen (secondary N) is 3. The largest absolute Gasteiger partial charge is 0.482 e. The van der Waals surface area contributed by atoms with Gasteiger partial charge < -0.3 is 72.4 Å². The van der Waals surface area contributed by atoms with Crippen molar-refractivity contribution >= 4 is 35.6 Å². The molecule has 0 spiro atoms. The molecule has 0 saturated heterocycles. The van der Waals surface area contributed by atoms with Gasteiger partial charge in [0.2, 0.25) is 11.7 Å². The van der Waals surface area contributed by atoms with E-state index in [1.807, 2.05) is 12.1 Å². The Labute approximate surface area is 525 Å². The van der Waals surface area contributed by atoms with Crippen molar-refractivity contribution < 1.29 is 66.7 Å². The molecule has 24 heteroatoms. The minimum Gasteiger partial charge on any atom is -0.482 e. The number of amides is 4. The van der Waals surface area contributed by atoms with Crippen LogP contribution in [-0.4, -0.2) is 140 Å². The summed E-state index contributed by atoms with van der Waals surface area (Å²) in [7, 11) is 4.41. The molecule has 3 N–H and O–H groups in total. The van der Waals surface area contributed by atoms with E-state index in [9.17, 15) is 38.4 Å². The maximum atomic E-state index is 15.5. The van der Waals surface area contributed by atoms with Crippen LogP contribution in [0.2, 0.25) is 0 Å². The van der Waals surface area contributed by atoms with E-state index in [-0.39, 0.29) is 119 Å². The van der Waals surface area contributed by atoms with Gasteiger partial charge in [0, 0.05) is 92.2 Å². The molecule has 91 heavy (non-hydrogen) atoms. The summed E-state index contributed by atoms with van der Waals surface area (Å²) in [5.74, 6) is -5.64. The molecular formula is C67H75N7O17. The number of nitrogens with zero attached hydrogens (tertiary/aromatic N) is 4. The van der Waals surface area contributed by atoms with Crippen molar-refractivity contribution in [2.24, 2.45) is 0 Å². The van der Waals surface area contributed by atoms with Crippen LogP contribution in [0.5, 0.6) is 23.0 Å². The third-order valence-corrected chi connectivity index (χ3v) is 13.8. The lowest BCUT2D eigenvalue weighted by Crippen LogP contribution is -2.53. The second-order valence-electron chi connectivity index (χ2n) is 21.5.